The number of benzene rings is 1. The molecule has 6 heteroatoms. The third-order valence-electron chi connectivity index (χ3n) is 4.57. The molecule has 0 spiro atoms. The molecule has 1 aliphatic heterocycles. The molecule has 0 aliphatic carbocycles. The molecule has 2 heterocycles. The van der Waals surface area contributed by atoms with Crippen molar-refractivity contribution in [1.82, 2.24) is 10.6 Å². The second-order valence-electron chi connectivity index (χ2n) is 6.30. The fourth-order valence-electron chi connectivity index (χ4n) is 3.17. The summed E-state index contributed by atoms with van der Waals surface area (Å²) in [6.07, 6.45) is 3.93. The molecule has 1 aromatic carbocycles. The van der Waals surface area contributed by atoms with E-state index in [1.54, 1.807) is 11.3 Å². The van der Waals surface area contributed by atoms with Gasteiger partial charge < -0.3 is 10.6 Å². The molecule has 1 aliphatic rings. The van der Waals surface area contributed by atoms with E-state index in [0.717, 1.165) is 30.0 Å². The number of thiophene rings is 1. The highest BCUT2D eigenvalue weighted by Gasteiger charge is 2.19. The molecule has 25 heavy (non-hydrogen) atoms. The van der Waals surface area contributed by atoms with Gasteiger partial charge in [0, 0.05) is 16.3 Å². The fraction of sp³-hybridized carbons (Fsp3) is 0.421. The average molecular weight is 399 g/mol. The molecule has 1 aromatic heterocycles. The summed E-state index contributed by atoms with van der Waals surface area (Å²) in [4.78, 5) is 13.6. The largest absolute Gasteiger partial charge is 0.344 e. The van der Waals surface area contributed by atoms with Gasteiger partial charge in [-0.05, 0) is 67.4 Å². The first-order chi connectivity index (χ1) is 11.7. The van der Waals surface area contributed by atoms with Gasteiger partial charge in [0.25, 0.3) is 0 Å². The number of rotatable bonds is 6. The van der Waals surface area contributed by atoms with Crippen LogP contribution >= 0.6 is 35.3 Å². The molecular weight excluding hydrogens is 375 g/mol. The fourth-order valence-corrected chi connectivity index (χ4v) is 4.10. The van der Waals surface area contributed by atoms with Gasteiger partial charge in [-0.3, -0.25) is 4.79 Å². The molecular formula is C19H24Cl2N2OS. The Morgan fingerprint density at radius 3 is 2.60 bits per heavy atom. The van der Waals surface area contributed by atoms with Crippen molar-refractivity contribution in [2.45, 2.75) is 31.7 Å². The minimum absolute atomic E-state index is 0. The van der Waals surface area contributed by atoms with Crippen LogP contribution in [0.15, 0.2) is 41.8 Å². The second-order valence-corrected chi connectivity index (χ2v) is 7.72. The number of carbonyl (C=O) groups is 1. The van der Waals surface area contributed by atoms with E-state index in [2.05, 4.69) is 16.7 Å². The topological polar surface area (TPSA) is 41.1 Å². The molecule has 3 nitrogen and oxygen atoms in total. The standard InChI is InChI=1S/C19H23ClN2OS.ClH/c20-16-6-4-15(5-7-16)19(17-2-1-13-24-17)22-18(23)8-3-14-9-11-21-12-10-14;/h1-2,4-7,13-14,19,21H,3,8-12H2,(H,22,23);1H. The molecule has 3 rings (SSSR count). The highest BCUT2D eigenvalue weighted by molar-refractivity contribution is 7.10. The summed E-state index contributed by atoms with van der Waals surface area (Å²) in [5.74, 6) is 0.801. The summed E-state index contributed by atoms with van der Waals surface area (Å²) in [5.41, 5.74) is 1.07. The number of carbonyl (C=O) groups excluding carboxylic acids is 1. The Morgan fingerprint density at radius 1 is 1.24 bits per heavy atom. The Kier molecular flexibility index (Phi) is 8.24. The maximum Gasteiger partial charge on any atom is 0.220 e. The summed E-state index contributed by atoms with van der Waals surface area (Å²) in [5, 5.41) is 9.33. The minimum atomic E-state index is -0.0946. The predicted molar refractivity (Wildman–Crippen MR) is 108 cm³/mol. The van der Waals surface area contributed by atoms with E-state index in [9.17, 15) is 4.79 Å². The summed E-state index contributed by atoms with van der Waals surface area (Å²) >= 11 is 7.66. The number of hydrogen-bond donors (Lipinski definition) is 2. The maximum atomic E-state index is 12.5. The first-order valence-electron chi connectivity index (χ1n) is 8.51. The van der Waals surface area contributed by atoms with Crippen LogP contribution in [0.25, 0.3) is 0 Å². The molecule has 2 aromatic rings. The van der Waals surface area contributed by atoms with Gasteiger partial charge in [0.05, 0.1) is 6.04 Å². The van der Waals surface area contributed by atoms with E-state index in [1.165, 1.54) is 12.8 Å². The number of hydrogen-bond acceptors (Lipinski definition) is 3. The zero-order valence-electron chi connectivity index (χ0n) is 14.0. The van der Waals surface area contributed by atoms with Crippen LogP contribution in [-0.2, 0) is 4.79 Å². The third-order valence-corrected chi connectivity index (χ3v) is 5.76. The molecule has 0 bridgehead atoms. The highest BCUT2D eigenvalue weighted by atomic mass is 35.5. The first-order valence-corrected chi connectivity index (χ1v) is 9.77. The van der Waals surface area contributed by atoms with E-state index in [1.807, 2.05) is 35.7 Å². The highest BCUT2D eigenvalue weighted by Crippen LogP contribution is 2.27. The molecule has 1 fully saturated rings. The van der Waals surface area contributed by atoms with Crippen LogP contribution < -0.4 is 10.6 Å². The van der Waals surface area contributed by atoms with E-state index in [0.29, 0.717) is 17.4 Å². The maximum absolute atomic E-state index is 12.5. The summed E-state index contributed by atoms with van der Waals surface area (Å²) < 4.78 is 0. The molecule has 1 atom stereocenters. The van der Waals surface area contributed by atoms with Gasteiger partial charge in [-0.15, -0.1) is 23.7 Å². The van der Waals surface area contributed by atoms with Gasteiger partial charge in [-0.1, -0.05) is 29.8 Å². The zero-order chi connectivity index (χ0) is 16.8. The van der Waals surface area contributed by atoms with Crippen molar-refractivity contribution in [1.29, 1.82) is 0 Å². The van der Waals surface area contributed by atoms with Crippen molar-refractivity contribution in [2.24, 2.45) is 5.92 Å². The lowest BCUT2D eigenvalue weighted by Crippen LogP contribution is -2.31. The van der Waals surface area contributed by atoms with Gasteiger partial charge in [0.15, 0.2) is 0 Å². The van der Waals surface area contributed by atoms with Crippen LogP contribution in [0.5, 0.6) is 0 Å². The Balaban J connectivity index is 0.00000225. The average Bonchev–Trinajstić information content (AvgIpc) is 3.14. The predicted octanol–water partition coefficient (Wildman–Crippen LogP) is 4.81. The van der Waals surface area contributed by atoms with Crippen LogP contribution in [-0.4, -0.2) is 19.0 Å². The van der Waals surface area contributed by atoms with Gasteiger partial charge in [0.2, 0.25) is 5.91 Å². The van der Waals surface area contributed by atoms with E-state index >= 15 is 0 Å². The first kappa shape index (κ1) is 20.2. The van der Waals surface area contributed by atoms with Gasteiger partial charge in [0.1, 0.15) is 0 Å². The van der Waals surface area contributed by atoms with Gasteiger partial charge >= 0.3 is 0 Å². The summed E-state index contributed by atoms with van der Waals surface area (Å²) in [6.45, 7) is 2.16. The Morgan fingerprint density at radius 2 is 1.96 bits per heavy atom. The van der Waals surface area contributed by atoms with Crippen molar-refractivity contribution < 1.29 is 4.79 Å². The zero-order valence-corrected chi connectivity index (χ0v) is 16.4. The second kappa shape index (κ2) is 10.2. The number of piperidine rings is 1. The number of nitrogens with one attached hydrogen (secondary N) is 2. The lowest BCUT2D eigenvalue weighted by Gasteiger charge is -2.23. The monoisotopic (exact) mass is 398 g/mol. The Labute approximate surface area is 164 Å². The molecule has 0 saturated carbocycles. The minimum Gasteiger partial charge on any atom is -0.344 e. The Bertz CT molecular complexity index is 640. The summed E-state index contributed by atoms with van der Waals surface area (Å²) in [7, 11) is 0. The lowest BCUT2D eigenvalue weighted by atomic mass is 9.93. The Hall–Kier alpha value is -1.07. The number of amides is 1. The van der Waals surface area contributed by atoms with Crippen molar-refractivity contribution in [3.8, 4) is 0 Å². The van der Waals surface area contributed by atoms with Crippen molar-refractivity contribution >= 4 is 41.3 Å². The third kappa shape index (κ3) is 6.00. The van der Waals surface area contributed by atoms with Crippen LogP contribution in [0.1, 0.15) is 42.2 Å². The lowest BCUT2D eigenvalue weighted by molar-refractivity contribution is -0.121. The summed E-state index contributed by atoms with van der Waals surface area (Å²) in [6, 6.07) is 11.7. The van der Waals surface area contributed by atoms with E-state index in [4.69, 9.17) is 11.6 Å². The molecule has 1 amide bonds. The van der Waals surface area contributed by atoms with E-state index in [-0.39, 0.29) is 24.4 Å². The van der Waals surface area contributed by atoms with Crippen molar-refractivity contribution in [3.63, 3.8) is 0 Å². The molecule has 136 valence electrons. The molecule has 1 saturated heterocycles. The van der Waals surface area contributed by atoms with Gasteiger partial charge in [-0.25, -0.2) is 0 Å². The molecule has 2 N–H and O–H groups in total. The van der Waals surface area contributed by atoms with Crippen molar-refractivity contribution in [3.05, 3.63) is 57.2 Å². The quantitative estimate of drug-likeness (QED) is 0.732. The van der Waals surface area contributed by atoms with Crippen LogP contribution in [0.3, 0.4) is 0 Å². The van der Waals surface area contributed by atoms with Crippen LogP contribution in [0.4, 0.5) is 0 Å². The van der Waals surface area contributed by atoms with Crippen LogP contribution in [0.2, 0.25) is 5.02 Å². The van der Waals surface area contributed by atoms with Crippen molar-refractivity contribution in [2.75, 3.05) is 13.1 Å². The van der Waals surface area contributed by atoms with Gasteiger partial charge in [-0.2, -0.15) is 0 Å². The number of halogens is 2. The smallest absolute Gasteiger partial charge is 0.220 e. The van der Waals surface area contributed by atoms with Crippen LogP contribution in [0, 0.1) is 5.92 Å². The molecule has 0 radical (unpaired) electrons. The van der Waals surface area contributed by atoms with E-state index < -0.39 is 0 Å². The molecule has 1 unspecified atom stereocenters. The SMILES string of the molecule is Cl.O=C(CCC1CCNCC1)NC(c1ccc(Cl)cc1)c1cccs1. The normalized spacial score (nSPS) is 16.0.